The highest BCUT2D eigenvalue weighted by atomic mass is 16.4. The summed E-state index contributed by atoms with van der Waals surface area (Å²) in [7, 11) is 0. The molecule has 0 aromatic heterocycles. The van der Waals surface area contributed by atoms with Crippen LogP contribution in [0.5, 0.6) is 0 Å². The first-order valence-corrected chi connectivity index (χ1v) is 2.78. The largest absolute Gasteiger partial charge is 0.481 e. The second-order valence-electron chi connectivity index (χ2n) is 2.71. The summed E-state index contributed by atoms with van der Waals surface area (Å²) < 4.78 is 0. The maximum atomic E-state index is 10.4. The fraction of sp³-hybridized carbons (Fsp3) is 0.571. The van der Waals surface area contributed by atoms with Gasteiger partial charge >= 0.3 is 5.97 Å². The van der Waals surface area contributed by atoms with Crippen LogP contribution in [-0.4, -0.2) is 11.1 Å². The van der Waals surface area contributed by atoms with Crippen molar-refractivity contribution in [2.45, 2.75) is 20.8 Å². The molecule has 0 bridgehead atoms. The maximum Gasteiger partial charge on any atom is 0.313 e. The molecule has 52 valence electrons. The summed E-state index contributed by atoms with van der Waals surface area (Å²) in [6, 6.07) is 0. The van der Waals surface area contributed by atoms with Gasteiger partial charge in [-0.3, -0.25) is 4.79 Å². The van der Waals surface area contributed by atoms with Crippen molar-refractivity contribution in [1.29, 1.82) is 0 Å². The summed E-state index contributed by atoms with van der Waals surface area (Å²) in [6.45, 7) is 8.56. The minimum atomic E-state index is -0.824. The molecule has 0 aromatic rings. The smallest absolute Gasteiger partial charge is 0.313 e. The Hall–Kier alpha value is -0.790. The number of hydrogen-bond acceptors (Lipinski definition) is 1. The lowest BCUT2D eigenvalue weighted by Crippen LogP contribution is -2.24. The van der Waals surface area contributed by atoms with Crippen molar-refractivity contribution in [1.82, 2.24) is 0 Å². The van der Waals surface area contributed by atoms with Crippen molar-refractivity contribution in [3.8, 4) is 0 Å². The zero-order valence-electron chi connectivity index (χ0n) is 6.06. The topological polar surface area (TPSA) is 37.3 Å². The lowest BCUT2D eigenvalue weighted by atomic mass is 9.87. The molecule has 2 nitrogen and oxygen atoms in total. The van der Waals surface area contributed by atoms with Gasteiger partial charge in [-0.25, -0.2) is 0 Å². The number of carboxylic acid groups (broad SMARTS) is 1. The third-order valence-electron chi connectivity index (χ3n) is 1.60. The number of hydrogen-bond donors (Lipinski definition) is 1. The Bertz CT molecular complexity index is 129. The van der Waals surface area contributed by atoms with Crippen molar-refractivity contribution >= 4 is 5.97 Å². The van der Waals surface area contributed by atoms with Gasteiger partial charge in [0.1, 0.15) is 0 Å². The van der Waals surface area contributed by atoms with E-state index in [9.17, 15) is 4.79 Å². The summed E-state index contributed by atoms with van der Waals surface area (Å²) in [4.78, 5) is 10.4. The minimum absolute atomic E-state index is 0.676. The van der Waals surface area contributed by atoms with Crippen LogP contribution in [-0.2, 0) is 4.79 Å². The first-order valence-electron chi connectivity index (χ1n) is 2.78. The molecule has 0 radical (unpaired) electrons. The van der Waals surface area contributed by atoms with Gasteiger partial charge in [-0.05, 0) is 20.8 Å². The van der Waals surface area contributed by atoms with Gasteiger partial charge in [0.25, 0.3) is 0 Å². The summed E-state index contributed by atoms with van der Waals surface area (Å²) in [5.74, 6) is -0.824. The molecule has 0 aliphatic heterocycles. The molecular formula is C7H12O2. The third kappa shape index (κ3) is 1.56. The predicted octanol–water partition coefficient (Wildman–Crippen LogP) is 1.67. The number of carboxylic acids is 1. The molecule has 0 saturated carbocycles. The molecule has 0 aliphatic carbocycles. The summed E-state index contributed by atoms with van der Waals surface area (Å²) in [6.07, 6.45) is 0. The van der Waals surface area contributed by atoms with Crippen molar-refractivity contribution in [2.24, 2.45) is 5.41 Å². The van der Waals surface area contributed by atoms with E-state index in [0.717, 1.165) is 0 Å². The second-order valence-corrected chi connectivity index (χ2v) is 2.71. The van der Waals surface area contributed by atoms with Gasteiger partial charge < -0.3 is 5.11 Å². The van der Waals surface area contributed by atoms with Crippen molar-refractivity contribution in [3.05, 3.63) is 12.2 Å². The monoisotopic (exact) mass is 128 g/mol. The molecule has 9 heavy (non-hydrogen) atoms. The Morgan fingerprint density at radius 1 is 1.56 bits per heavy atom. The molecular weight excluding hydrogens is 116 g/mol. The quantitative estimate of drug-likeness (QED) is 0.574. The van der Waals surface area contributed by atoms with Crippen molar-refractivity contribution in [3.63, 3.8) is 0 Å². The molecule has 0 spiro atoms. The highest BCUT2D eigenvalue weighted by Crippen LogP contribution is 2.23. The van der Waals surface area contributed by atoms with Crippen LogP contribution >= 0.6 is 0 Å². The third-order valence-corrected chi connectivity index (χ3v) is 1.60. The molecule has 0 unspecified atom stereocenters. The Morgan fingerprint density at radius 3 is 1.89 bits per heavy atom. The van der Waals surface area contributed by atoms with Crippen LogP contribution in [0.1, 0.15) is 20.8 Å². The minimum Gasteiger partial charge on any atom is -0.481 e. The molecule has 0 rings (SSSR count). The van der Waals surface area contributed by atoms with Crippen LogP contribution in [0.15, 0.2) is 12.2 Å². The van der Waals surface area contributed by atoms with E-state index in [1.807, 2.05) is 0 Å². The van der Waals surface area contributed by atoms with E-state index in [4.69, 9.17) is 5.11 Å². The second kappa shape index (κ2) is 2.21. The lowest BCUT2D eigenvalue weighted by Gasteiger charge is -2.18. The molecule has 0 amide bonds. The van der Waals surface area contributed by atoms with Gasteiger partial charge in [-0.15, -0.1) is 0 Å². The Balaban J connectivity index is 4.38. The van der Waals surface area contributed by atoms with Crippen LogP contribution in [0.4, 0.5) is 0 Å². The molecule has 1 N–H and O–H groups in total. The molecule has 0 aliphatic rings. The molecule has 2 heteroatoms. The number of carbonyl (C=O) groups is 1. The van der Waals surface area contributed by atoms with Gasteiger partial charge in [0.05, 0.1) is 5.41 Å². The van der Waals surface area contributed by atoms with Crippen LogP contribution in [0.3, 0.4) is 0 Å². The van der Waals surface area contributed by atoms with E-state index in [0.29, 0.717) is 5.57 Å². The van der Waals surface area contributed by atoms with Gasteiger partial charge in [-0.1, -0.05) is 12.2 Å². The van der Waals surface area contributed by atoms with Gasteiger partial charge in [0, 0.05) is 0 Å². The van der Waals surface area contributed by atoms with Gasteiger partial charge in [-0.2, -0.15) is 0 Å². The Morgan fingerprint density at radius 2 is 1.89 bits per heavy atom. The van der Waals surface area contributed by atoms with E-state index < -0.39 is 11.4 Å². The summed E-state index contributed by atoms with van der Waals surface area (Å²) in [5.41, 5.74) is -0.102. The predicted molar refractivity (Wildman–Crippen MR) is 36.2 cm³/mol. The average Bonchev–Trinajstić information content (AvgIpc) is 1.65. The zero-order chi connectivity index (χ0) is 7.65. The van der Waals surface area contributed by atoms with Crippen LogP contribution < -0.4 is 0 Å². The highest BCUT2D eigenvalue weighted by molar-refractivity contribution is 5.77. The van der Waals surface area contributed by atoms with Crippen LogP contribution in [0.2, 0.25) is 0 Å². The normalized spacial score (nSPS) is 11.0. The van der Waals surface area contributed by atoms with Crippen molar-refractivity contribution in [2.75, 3.05) is 0 Å². The molecule has 0 aromatic carbocycles. The summed E-state index contributed by atoms with van der Waals surface area (Å²) in [5, 5.41) is 8.55. The fourth-order valence-corrected chi connectivity index (χ4v) is 0.183. The van der Waals surface area contributed by atoms with E-state index in [-0.39, 0.29) is 0 Å². The van der Waals surface area contributed by atoms with E-state index in [2.05, 4.69) is 6.58 Å². The van der Waals surface area contributed by atoms with Crippen LogP contribution in [0, 0.1) is 5.41 Å². The van der Waals surface area contributed by atoms with E-state index in [1.54, 1.807) is 20.8 Å². The zero-order valence-corrected chi connectivity index (χ0v) is 6.06. The average molecular weight is 128 g/mol. The van der Waals surface area contributed by atoms with Crippen molar-refractivity contribution < 1.29 is 9.90 Å². The van der Waals surface area contributed by atoms with E-state index >= 15 is 0 Å². The van der Waals surface area contributed by atoms with Crippen LogP contribution in [0.25, 0.3) is 0 Å². The molecule has 0 fully saturated rings. The maximum absolute atomic E-state index is 10.4. The van der Waals surface area contributed by atoms with Gasteiger partial charge in [0.2, 0.25) is 0 Å². The number of aliphatic carboxylic acids is 1. The fourth-order valence-electron chi connectivity index (χ4n) is 0.183. The standard InChI is InChI=1S/C7H12O2/c1-5(2)7(3,4)6(8)9/h1H2,2-4H3,(H,8,9). The highest BCUT2D eigenvalue weighted by Gasteiger charge is 2.27. The molecule has 0 saturated heterocycles. The van der Waals surface area contributed by atoms with E-state index in [1.165, 1.54) is 0 Å². The molecule has 0 heterocycles. The Kier molecular flexibility index (Phi) is 2.02. The summed E-state index contributed by atoms with van der Waals surface area (Å²) >= 11 is 0. The number of rotatable bonds is 2. The first-order chi connectivity index (χ1) is 3.89. The Labute approximate surface area is 55.2 Å². The SMILES string of the molecule is C=C(C)C(C)(C)C(=O)O. The first kappa shape index (κ1) is 8.21. The van der Waals surface area contributed by atoms with Gasteiger partial charge in [0.15, 0.2) is 0 Å². The lowest BCUT2D eigenvalue weighted by molar-refractivity contribution is -0.144. The molecule has 0 atom stereocenters.